The van der Waals surface area contributed by atoms with E-state index in [1.165, 1.54) is 12.3 Å². The molecule has 2 N–H and O–H groups in total. The van der Waals surface area contributed by atoms with E-state index in [1.807, 2.05) is 0 Å². The molecule has 1 rings (SSSR count). The normalized spacial score (nSPS) is 11.3. The average Bonchev–Trinajstić information content (AvgIpc) is 2.37. The van der Waals surface area contributed by atoms with Gasteiger partial charge in [-0.25, -0.2) is 17.8 Å². The first-order chi connectivity index (χ1) is 9.41. The largest absolute Gasteiger partial charge is 0.381 e. The molecule has 112 valence electrons. The Morgan fingerprint density at radius 1 is 1.55 bits per heavy atom. The number of allylic oxidation sites excluding steroid dienone is 1. The summed E-state index contributed by atoms with van der Waals surface area (Å²) in [5.41, 5.74) is -0.144. The summed E-state index contributed by atoms with van der Waals surface area (Å²) in [5.74, 6) is -0.118. The average molecular weight is 321 g/mol. The van der Waals surface area contributed by atoms with Gasteiger partial charge in [0.1, 0.15) is 5.02 Å². The lowest BCUT2D eigenvalue weighted by molar-refractivity contribution is 0.584. The van der Waals surface area contributed by atoms with Crippen LogP contribution in [0.2, 0.25) is 5.02 Å². The highest BCUT2D eigenvalue weighted by molar-refractivity contribution is 7.89. The van der Waals surface area contributed by atoms with Gasteiger partial charge in [-0.1, -0.05) is 24.6 Å². The molecule has 0 aliphatic heterocycles. The molecule has 0 spiro atoms. The van der Waals surface area contributed by atoms with E-state index in [4.69, 9.17) is 11.6 Å². The number of rotatable bonds is 8. The van der Waals surface area contributed by atoms with Gasteiger partial charge in [0, 0.05) is 13.1 Å². The summed E-state index contributed by atoms with van der Waals surface area (Å²) in [7, 11) is -3.31. The Bertz CT molecular complexity index is 627. The lowest BCUT2D eigenvalue weighted by Crippen LogP contribution is -2.30. The number of aromatic nitrogens is 2. The van der Waals surface area contributed by atoms with E-state index in [1.54, 1.807) is 6.92 Å². The Labute approximate surface area is 122 Å². The molecule has 0 unspecified atom stereocenters. The maximum atomic E-state index is 11.8. The van der Waals surface area contributed by atoms with Crippen molar-refractivity contribution in [3.05, 3.63) is 34.2 Å². The van der Waals surface area contributed by atoms with Crippen molar-refractivity contribution in [2.45, 2.75) is 13.5 Å². The first kappa shape index (κ1) is 16.7. The summed E-state index contributed by atoms with van der Waals surface area (Å²) >= 11 is 5.91. The number of halogens is 1. The lowest BCUT2D eigenvalue weighted by atomic mass is 10.4. The fraction of sp³-hybridized carbons (Fsp3) is 0.455. The second kappa shape index (κ2) is 7.41. The van der Waals surface area contributed by atoms with Gasteiger partial charge in [0.15, 0.2) is 0 Å². The van der Waals surface area contributed by atoms with Gasteiger partial charge in [0.25, 0.3) is 5.56 Å². The van der Waals surface area contributed by atoms with Crippen LogP contribution in [0.1, 0.15) is 6.92 Å². The predicted molar refractivity (Wildman–Crippen MR) is 79.7 cm³/mol. The third kappa shape index (κ3) is 4.62. The molecule has 0 aliphatic rings. The first-order valence-corrected chi connectivity index (χ1v) is 8.02. The van der Waals surface area contributed by atoms with Crippen LogP contribution in [0.4, 0.5) is 5.69 Å². The van der Waals surface area contributed by atoms with Crippen LogP contribution >= 0.6 is 11.6 Å². The number of sulfonamides is 1. The summed E-state index contributed by atoms with van der Waals surface area (Å²) < 4.78 is 26.4. The highest BCUT2D eigenvalue weighted by Gasteiger charge is 2.11. The fourth-order valence-electron chi connectivity index (χ4n) is 1.45. The standard InChI is InChI=1S/C11H17ClN4O3S/c1-3-6-16-11(17)10(12)9(8-14-16)13-5-7-20(18,19)15-4-2/h3,8,13,15H,1,4-7H2,2H3. The first-order valence-electron chi connectivity index (χ1n) is 5.99. The van der Waals surface area contributed by atoms with Crippen LogP contribution in [0, 0.1) is 0 Å². The van der Waals surface area contributed by atoms with Crippen molar-refractivity contribution in [3.8, 4) is 0 Å². The molecule has 1 aromatic heterocycles. The van der Waals surface area contributed by atoms with Gasteiger partial charge < -0.3 is 5.32 Å². The molecule has 0 fully saturated rings. The molecule has 9 heteroatoms. The minimum atomic E-state index is -3.31. The number of nitrogens with one attached hydrogen (secondary N) is 2. The molecule has 0 atom stereocenters. The van der Waals surface area contributed by atoms with Gasteiger partial charge in [-0.05, 0) is 0 Å². The lowest BCUT2D eigenvalue weighted by Gasteiger charge is -2.09. The van der Waals surface area contributed by atoms with Gasteiger partial charge in [0.05, 0.1) is 24.2 Å². The summed E-state index contributed by atoms with van der Waals surface area (Å²) in [6, 6.07) is 0. The van der Waals surface area contributed by atoms with Crippen molar-refractivity contribution < 1.29 is 8.42 Å². The van der Waals surface area contributed by atoms with Crippen LogP contribution in [0.3, 0.4) is 0 Å². The number of anilines is 1. The zero-order valence-electron chi connectivity index (χ0n) is 11.1. The quantitative estimate of drug-likeness (QED) is 0.678. The summed E-state index contributed by atoms with van der Waals surface area (Å²) in [4.78, 5) is 11.8. The summed E-state index contributed by atoms with van der Waals surface area (Å²) in [6.45, 7) is 5.93. The zero-order chi connectivity index (χ0) is 15.2. The van der Waals surface area contributed by atoms with Crippen LogP contribution in [0.15, 0.2) is 23.6 Å². The topological polar surface area (TPSA) is 93.1 Å². The number of nitrogens with zero attached hydrogens (tertiary/aromatic N) is 2. The Morgan fingerprint density at radius 3 is 2.85 bits per heavy atom. The SMILES string of the molecule is C=CCn1ncc(NCCS(=O)(=O)NCC)c(Cl)c1=O. The second-order valence-corrected chi connectivity index (χ2v) is 6.20. The molecule has 20 heavy (non-hydrogen) atoms. The van der Waals surface area contributed by atoms with Crippen LogP contribution in [0.25, 0.3) is 0 Å². The number of hydrogen-bond acceptors (Lipinski definition) is 5. The van der Waals surface area contributed by atoms with Crippen molar-refractivity contribution in [2.75, 3.05) is 24.2 Å². The second-order valence-electron chi connectivity index (χ2n) is 3.89. The molecule has 0 aliphatic carbocycles. The van der Waals surface area contributed by atoms with E-state index in [-0.39, 0.29) is 23.9 Å². The molecule has 0 saturated carbocycles. The molecular formula is C11H17ClN4O3S. The van der Waals surface area contributed by atoms with E-state index in [2.05, 4.69) is 21.7 Å². The minimum absolute atomic E-state index is 0.0253. The predicted octanol–water partition coefficient (Wildman–Crippen LogP) is 0.434. The van der Waals surface area contributed by atoms with Gasteiger partial charge in [-0.3, -0.25) is 4.79 Å². The summed E-state index contributed by atoms with van der Waals surface area (Å²) in [6.07, 6.45) is 2.91. The van der Waals surface area contributed by atoms with Gasteiger partial charge in [-0.2, -0.15) is 5.10 Å². The summed E-state index contributed by atoms with van der Waals surface area (Å²) in [5, 5.41) is 6.66. The van der Waals surface area contributed by atoms with Crippen molar-refractivity contribution >= 4 is 27.3 Å². The molecule has 0 saturated heterocycles. The molecule has 1 heterocycles. The molecule has 1 aromatic rings. The Balaban J connectivity index is 2.73. The zero-order valence-corrected chi connectivity index (χ0v) is 12.7. The minimum Gasteiger partial charge on any atom is -0.381 e. The Hall–Kier alpha value is -1.38. The molecule has 0 aromatic carbocycles. The monoisotopic (exact) mass is 320 g/mol. The van der Waals surface area contributed by atoms with Crippen LogP contribution in [0.5, 0.6) is 0 Å². The van der Waals surface area contributed by atoms with Crippen LogP contribution < -0.4 is 15.6 Å². The van der Waals surface area contributed by atoms with Gasteiger partial charge >= 0.3 is 0 Å². The molecule has 7 nitrogen and oxygen atoms in total. The smallest absolute Gasteiger partial charge is 0.287 e. The fourth-order valence-corrected chi connectivity index (χ4v) is 2.62. The van der Waals surface area contributed by atoms with E-state index in [9.17, 15) is 13.2 Å². The van der Waals surface area contributed by atoms with Crippen molar-refractivity contribution in [2.24, 2.45) is 0 Å². The third-order valence-corrected chi connectivity index (χ3v) is 4.17. The highest BCUT2D eigenvalue weighted by Crippen LogP contribution is 2.14. The van der Waals surface area contributed by atoms with Crippen molar-refractivity contribution in [1.29, 1.82) is 0 Å². The Kier molecular flexibility index (Phi) is 6.18. The van der Waals surface area contributed by atoms with E-state index in [0.29, 0.717) is 12.2 Å². The van der Waals surface area contributed by atoms with E-state index < -0.39 is 15.6 Å². The Morgan fingerprint density at radius 2 is 2.25 bits per heavy atom. The molecular weight excluding hydrogens is 304 g/mol. The maximum Gasteiger partial charge on any atom is 0.287 e. The van der Waals surface area contributed by atoms with E-state index >= 15 is 0 Å². The third-order valence-electron chi connectivity index (χ3n) is 2.34. The molecule has 0 amide bonds. The molecule has 0 radical (unpaired) electrons. The van der Waals surface area contributed by atoms with Crippen LogP contribution in [-0.2, 0) is 16.6 Å². The van der Waals surface area contributed by atoms with E-state index in [0.717, 1.165) is 4.68 Å². The highest BCUT2D eigenvalue weighted by atomic mass is 35.5. The molecule has 0 bridgehead atoms. The van der Waals surface area contributed by atoms with Crippen LogP contribution in [-0.4, -0.2) is 37.0 Å². The number of hydrogen-bond donors (Lipinski definition) is 2. The van der Waals surface area contributed by atoms with Crippen molar-refractivity contribution in [1.82, 2.24) is 14.5 Å². The maximum absolute atomic E-state index is 11.8. The van der Waals surface area contributed by atoms with Gasteiger partial charge in [-0.15, -0.1) is 6.58 Å². The van der Waals surface area contributed by atoms with Gasteiger partial charge in [0.2, 0.25) is 10.0 Å². The van der Waals surface area contributed by atoms with Crippen molar-refractivity contribution in [3.63, 3.8) is 0 Å².